The van der Waals surface area contributed by atoms with Crippen molar-refractivity contribution in [1.29, 1.82) is 0 Å². The van der Waals surface area contributed by atoms with E-state index in [4.69, 9.17) is 18.9 Å². The summed E-state index contributed by atoms with van der Waals surface area (Å²) in [6.45, 7) is 4.61. The van der Waals surface area contributed by atoms with Crippen molar-refractivity contribution in [3.63, 3.8) is 0 Å². The molecule has 0 bridgehead atoms. The minimum atomic E-state index is -1.53. The van der Waals surface area contributed by atoms with Crippen molar-refractivity contribution in [2.24, 2.45) is 0 Å². The number of carbonyl (C=O) groups excluding carboxylic acids is 1. The van der Waals surface area contributed by atoms with Gasteiger partial charge in [-0.2, -0.15) is 0 Å². The van der Waals surface area contributed by atoms with Crippen LogP contribution in [-0.2, 0) is 23.7 Å². The van der Waals surface area contributed by atoms with Crippen molar-refractivity contribution in [3.8, 4) is 0 Å². The van der Waals surface area contributed by atoms with Gasteiger partial charge in [0, 0.05) is 13.0 Å². The van der Waals surface area contributed by atoms with Gasteiger partial charge in [0.2, 0.25) is 0 Å². The van der Waals surface area contributed by atoms with Crippen LogP contribution in [0.3, 0.4) is 0 Å². The standard InChI is InChI=1S/C52H100O9/c1-3-5-7-9-11-13-15-17-19-20-21-22-23-24-25-26-27-28-30-32-34-36-38-40-42-58-44-46(45-59-52-51(57)50(56)49(55)47(43-53)61-52)60-48(54)41-39-37-35-33-31-29-18-16-14-12-10-8-6-4-2/h20-21,46-47,49-53,55-57H,3-19,22-45H2,1-2H3/b21-20-. The number of ether oxygens (including phenoxy) is 4. The molecule has 9 heteroatoms. The van der Waals surface area contributed by atoms with Crippen molar-refractivity contribution in [2.75, 3.05) is 26.4 Å². The van der Waals surface area contributed by atoms with Gasteiger partial charge < -0.3 is 39.4 Å². The summed E-state index contributed by atoms with van der Waals surface area (Å²) in [5.41, 5.74) is 0. The Labute approximate surface area is 375 Å². The van der Waals surface area contributed by atoms with Crippen molar-refractivity contribution in [2.45, 2.75) is 288 Å². The molecule has 0 saturated carbocycles. The summed E-state index contributed by atoms with van der Waals surface area (Å²) < 4.78 is 22.9. The number of carbonyl (C=O) groups is 1. The maximum absolute atomic E-state index is 12.8. The highest BCUT2D eigenvalue weighted by Crippen LogP contribution is 2.23. The van der Waals surface area contributed by atoms with Crippen LogP contribution in [0.25, 0.3) is 0 Å². The molecule has 1 rings (SSSR count). The lowest BCUT2D eigenvalue weighted by Gasteiger charge is -2.39. The second-order valence-corrected chi connectivity index (χ2v) is 18.3. The molecule has 1 heterocycles. The third-order valence-corrected chi connectivity index (χ3v) is 12.4. The van der Waals surface area contributed by atoms with Crippen LogP contribution >= 0.6 is 0 Å². The van der Waals surface area contributed by atoms with Crippen LogP contribution in [0.2, 0.25) is 0 Å². The Kier molecular flexibility index (Phi) is 41.9. The molecule has 6 atom stereocenters. The molecule has 0 amide bonds. The largest absolute Gasteiger partial charge is 0.457 e. The normalized spacial score (nSPS) is 19.9. The Hall–Kier alpha value is -1.07. The first kappa shape index (κ1) is 57.9. The van der Waals surface area contributed by atoms with E-state index in [0.717, 1.165) is 32.1 Å². The van der Waals surface area contributed by atoms with Crippen LogP contribution in [-0.4, -0.2) is 89.6 Å². The number of esters is 1. The minimum Gasteiger partial charge on any atom is -0.457 e. The molecule has 4 N–H and O–H groups in total. The summed E-state index contributed by atoms with van der Waals surface area (Å²) in [5, 5.41) is 40.2. The summed E-state index contributed by atoms with van der Waals surface area (Å²) in [4.78, 5) is 12.8. The molecule has 0 aliphatic carbocycles. The second kappa shape index (κ2) is 44.1. The highest BCUT2D eigenvalue weighted by atomic mass is 16.7. The molecular formula is C52H100O9. The van der Waals surface area contributed by atoms with Gasteiger partial charge in [-0.3, -0.25) is 4.79 Å². The van der Waals surface area contributed by atoms with Gasteiger partial charge in [-0.1, -0.05) is 219 Å². The van der Waals surface area contributed by atoms with Crippen LogP contribution in [0.15, 0.2) is 12.2 Å². The second-order valence-electron chi connectivity index (χ2n) is 18.3. The first-order valence-electron chi connectivity index (χ1n) is 26.3. The zero-order valence-corrected chi connectivity index (χ0v) is 39.9. The smallest absolute Gasteiger partial charge is 0.306 e. The molecule has 9 nitrogen and oxygen atoms in total. The van der Waals surface area contributed by atoms with Gasteiger partial charge in [-0.05, 0) is 38.5 Å². The van der Waals surface area contributed by atoms with Crippen molar-refractivity contribution in [1.82, 2.24) is 0 Å². The summed E-state index contributed by atoms with van der Waals surface area (Å²) in [7, 11) is 0. The minimum absolute atomic E-state index is 0.107. The molecule has 61 heavy (non-hydrogen) atoms. The zero-order chi connectivity index (χ0) is 44.3. The fraction of sp³-hybridized carbons (Fsp3) is 0.942. The Bertz CT molecular complexity index is 946. The summed E-state index contributed by atoms with van der Waals surface area (Å²) >= 11 is 0. The lowest BCUT2D eigenvalue weighted by Crippen LogP contribution is -2.59. The van der Waals surface area contributed by atoms with Gasteiger partial charge in [0.1, 0.15) is 30.5 Å². The number of aliphatic hydroxyl groups excluding tert-OH is 4. The van der Waals surface area contributed by atoms with E-state index in [1.165, 1.54) is 199 Å². The summed E-state index contributed by atoms with van der Waals surface area (Å²) in [6, 6.07) is 0. The molecule has 0 aromatic rings. The van der Waals surface area contributed by atoms with E-state index in [1.54, 1.807) is 0 Å². The van der Waals surface area contributed by atoms with Crippen LogP contribution in [0.1, 0.15) is 251 Å². The van der Waals surface area contributed by atoms with Gasteiger partial charge in [-0.25, -0.2) is 0 Å². The number of hydrogen-bond donors (Lipinski definition) is 4. The summed E-state index contributed by atoms with van der Waals surface area (Å²) in [6.07, 6.45) is 43.9. The van der Waals surface area contributed by atoms with Crippen LogP contribution in [0.5, 0.6) is 0 Å². The highest BCUT2D eigenvalue weighted by molar-refractivity contribution is 5.69. The zero-order valence-electron chi connectivity index (χ0n) is 39.9. The van der Waals surface area contributed by atoms with Gasteiger partial charge in [-0.15, -0.1) is 0 Å². The van der Waals surface area contributed by atoms with Gasteiger partial charge in [0.05, 0.1) is 19.8 Å². The first-order chi connectivity index (χ1) is 29.9. The number of rotatable bonds is 46. The Morgan fingerprint density at radius 3 is 1.33 bits per heavy atom. The molecule has 1 aliphatic rings. The molecule has 1 aliphatic heterocycles. The molecule has 0 spiro atoms. The van der Waals surface area contributed by atoms with Gasteiger partial charge >= 0.3 is 5.97 Å². The SMILES string of the molecule is CCCCCCCCCC/C=C\CCCCCCCCCCCCCCOCC(COC1OC(CO)C(O)C(O)C1O)OC(=O)CCCCCCCCCCCCCCCC. The molecule has 0 radical (unpaired) electrons. The Balaban J connectivity index is 2.15. The van der Waals surface area contributed by atoms with E-state index >= 15 is 0 Å². The fourth-order valence-electron chi connectivity index (χ4n) is 8.31. The maximum Gasteiger partial charge on any atom is 0.306 e. The predicted octanol–water partition coefficient (Wildman–Crippen LogP) is 12.8. The average Bonchev–Trinajstić information content (AvgIpc) is 3.26. The third-order valence-electron chi connectivity index (χ3n) is 12.4. The van der Waals surface area contributed by atoms with Crippen molar-refractivity contribution in [3.05, 3.63) is 12.2 Å². The Morgan fingerprint density at radius 2 is 0.902 bits per heavy atom. The lowest BCUT2D eigenvalue weighted by molar-refractivity contribution is -0.305. The molecular weight excluding hydrogens is 769 g/mol. The lowest BCUT2D eigenvalue weighted by atomic mass is 9.99. The van der Waals surface area contributed by atoms with E-state index in [1.807, 2.05) is 0 Å². The van der Waals surface area contributed by atoms with Crippen LogP contribution < -0.4 is 0 Å². The van der Waals surface area contributed by atoms with Gasteiger partial charge in [0.25, 0.3) is 0 Å². The average molecular weight is 869 g/mol. The van der Waals surface area contributed by atoms with Crippen LogP contribution in [0.4, 0.5) is 0 Å². The Morgan fingerprint density at radius 1 is 0.508 bits per heavy atom. The summed E-state index contributed by atoms with van der Waals surface area (Å²) in [5.74, 6) is -0.308. The van der Waals surface area contributed by atoms with E-state index in [2.05, 4.69) is 26.0 Å². The fourth-order valence-corrected chi connectivity index (χ4v) is 8.31. The molecule has 6 unspecified atom stereocenters. The van der Waals surface area contributed by atoms with Crippen molar-refractivity contribution >= 4 is 5.97 Å². The molecule has 0 aromatic heterocycles. The highest BCUT2D eigenvalue weighted by Gasteiger charge is 2.44. The van der Waals surface area contributed by atoms with E-state index in [0.29, 0.717) is 13.0 Å². The number of allylic oxidation sites excluding steroid dienone is 2. The topological polar surface area (TPSA) is 135 Å². The number of hydrogen-bond acceptors (Lipinski definition) is 9. The number of unbranched alkanes of at least 4 members (excludes halogenated alkanes) is 33. The molecule has 362 valence electrons. The molecule has 1 fully saturated rings. The van der Waals surface area contributed by atoms with E-state index in [-0.39, 0.29) is 19.2 Å². The van der Waals surface area contributed by atoms with Gasteiger partial charge in [0.15, 0.2) is 6.29 Å². The molecule has 1 saturated heterocycles. The first-order valence-corrected chi connectivity index (χ1v) is 26.3. The number of aliphatic hydroxyl groups is 4. The van der Waals surface area contributed by atoms with Crippen LogP contribution in [0, 0.1) is 0 Å². The van der Waals surface area contributed by atoms with Crippen molar-refractivity contribution < 1.29 is 44.2 Å². The van der Waals surface area contributed by atoms with E-state index < -0.39 is 43.4 Å². The maximum atomic E-state index is 12.8. The molecule has 0 aromatic carbocycles. The quantitative estimate of drug-likeness (QED) is 0.0268. The third kappa shape index (κ3) is 34.9. The monoisotopic (exact) mass is 869 g/mol. The van der Waals surface area contributed by atoms with E-state index in [9.17, 15) is 25.2 Å². The predicted molar refractivity (Wildman–Crippen MR) is 252 cm³/mol.